The highest BCUT2D eigenvalue weighted by molar-refractivity contribution is 6.00. The number of aromatic amines is 1. The minimum absolute atomic E-state index is 0.0868. The van der Waals surface area contributed by atoms with Gasteiger partial charge in [0.2, 0.25) is 0 Å². The van der Waals surface area contributed by atoms with Crippen LogP contribution in [0.25, 0.3) is 11.1 Å². The molecule has 1 aromatic heterocycles. The quantitative estimate of drug-likeness (QED) is 0.749. The van der Waals surface area contributed by atoms with Gasteiger partial charge in [-0.1, -0.05) is 6.07 Å². The summed E-state index contributed by atoms with van der Waals surface area (Å²) in [6.45, 7) is 1.76. The molecule has 22 heavy (non-hydrogen) atoms. The van der Waals surface area contributed by atoms with Crippen LogP contribution >= 0.6 is 0 Å². The van der Waals surface area contributed by atoms with Crippen molar-refractivity contribution in [2.45, 2.75) is 13.0 Å². The van der Waals surface area contributed by atoms with Crippen LogP contribution < -0.4 is 9.80 Å². The minimum Gasteiger partial charge on any atom is -0.465 e. The summed E-state index contributed by atoms with van der Waals surface area (Å²) in [5.41, 5.74) is 2.28. The Morgan fingerprint density at radius 2 is 2.00 bits per heavy atom. The number of anilines is 2. The first-order chi connectivity index (χ1) is 10.5. The number of amides is 2. The van der Waals surface area contributed by atoms with Crippen LogP contribution in [0.15, 0.2) is 30.6 Å². The Bertz CT molecular complexity index is 728. The van der Waals surface area contributed by atoms with Crippen molar-refractivity contribution in [3.8, 4) is 11.1 Å². The number of hydrogen-bond acceptors (Lipinski definition) is 3. The Morgan fingerprint density at radius 3 is 2.59 bits per heavy atom. The van der Waals surface area contributed by atoms with Crippen LogP contribution in [0.3, 0.4) is 0 Å². The van der Waals surface area contributed by atoms with Gasteiger partial charge in [0.1, 0.15) is 0 Å². The van der Waals surface area contributed by atoms with E-state index in [-0.39, 0.29) is 6.54 Å². The summed E-state index contributed by atoms with van der Waals surface area (Å²) in [5, 5.41) is 25.3. The first-order valence-electron chi connectivity index (χ1n) is 6.65. The number of carboxylic acid groups (broad SMARTS) is 2. The van der Waals surface area contributed by atoms with Crippen LogP contribution in [-0.4, -0.2) is 45.2 Å². The fourth-order valence-corrected chi connectivity index (χ4v) is 2.69. The van der Waals surface area contributed by atoms with Crippen LogP contribution in [0.1, 0.15) is 6.92 Å². The molecule has 1 aliphatic rings. The van der Waals surface area contributed by atoms with Crippen LogP contribution in [0.2, 0.25) is 0 Å². The molecule has 2 aromatic rings. The van der Waals surface area contributed by atoms with Crippen molar-refractivity contribution in [3.63, 3.8) is 0 Å². The van der Waals surface area contributed by atoms with E-state index < -0.39 is 18.2 Å². The van der Waals surface area contributed by atoms with Crippen molar-refractivity contribution < 1.29 is 19.8 Å². The van der Waals surface area contributed by atoms with Gasteiger partial charge >= 0.3 is 12.2 Å². The smallest absolute Gasteiger partial charge is 0.412 e. The Balaban J connectivity index is 2.15. The second-order valence-corrected chi connectivity index (χ2v) is 5.09. The molecule has 3 N–H and O–H groups in total. The monoisotopic (exact) mass is 302 g/mol. The molecule has 1 unspecified atom stereocenters. The molecule has 3 rings (SSSR count). The number of benzene rings is 1. The van der Waals surface area contributed by atoms with Gasteiger partial charge in [0.25, 0.3) is 0 Å². The van der Waals surface area contributed by atoms with Gasteiger partial charge in [-0.2, -0.15) is 5.10 Å². The van der Waals surface area contributed by atoms with Gasteiger partial charge in [-0.25, -0.2) is 9.59 Å². The lowest BCUT2D eigenvalue weighted by Crippen LogP contribution is -2.51. The van der Waals surface area contributed by atoms with E-state index in [1.807, 2.05) is 0 Å². The van der Waals surface area contributed by atoms with Gasteiger partial charge in [0.15, 0.2) is 0 Å². The molecular weight excluding hydrogens is 288 g/mol. The SMILES string of the molecule is CC1CN(C(=O)O)c2cc(-c3cn[nH]c3)ccc2N1C(=O)O. The van der Waals surface area contributed by atoms with E-state index >= 15 is 0 Å². The Hall–Kier alpha value is -3.03. The highest BCUT2D eigenvalue weighted by Crippen LogP contribution is 2.38. The molecule has 0 saturated carbocycles. The number of nitrogens with one attached hydrogen (secondary N) is 1. The van der Waals surface area contributed by atoms with Crippen LogP contribution in [0, 0.1) is 0 Å². The predicted molar refractivity (Wildman–Crippen MR) is 79.4 cm³/mol. The maximum absolute atomic E-state index is 11.5. The standard InChI is InChI=1S/C14H14N4O4/c1-8-7-17(13(19)20)12-4-9(10-5-15-16-6-10)2-3-11(12)18(8)14(21)22/h2-6,8H,7H2,1H3,(H,15,16)(H,19,20)(H,21,22). The number of fused-ring (bicyclic) bond motifs is 1. The van der Waals surface area contributed by atoms with E-state index in [0.29, 0.717) is 11.4 Å². The summed E-state index contributed by atoms with van der Waals surface area (Å²) in [6.07, 6.45) is 1.10. The molecule has 0 fully saturated rings. The predicted octanol–water partition coefficient (Wildman–Crippen LogP) is 2.45. The molecule has 8 nitrogen and oxygen atoms in total. The van der Waals surface area contributed by atoms with E-state index in [4.69, 9.17) is 0 Å². The zero-order valence-electron chi connectivity index (χ0n) is 11.7. The van der Waals surface area contributed by atoms with E-state index in [0.717, 1.165) is 11.1 Å². The average Bonchev–Trinajstić information content (AvgIpc) is 2.99. The lowest BCUT2D eigenvalue weighted by atomic mass is 10.0. The molecule has 1 aliphatic heterocycles. The molecule has 0 saturated heterocycles. The van der Waals surface area contributed by atoms with Crippen molar-refractivity contribution in [2.75, 3.05) is 16.3 Å². The third kappa shape index (κ3) is 2.14. The summed E-state index contributed by atoms with van der Waals surface area (Å²) >= 11 is 0. The highest BCUT2D eigenvalue weighted by atomic mass is 16.4. The maximum atomic E-state index is 11.5. The number of carbonyl (C=O) groups is 2. The maximum Gasteiger partial charge on any atom is 0.412 e. The molecule has 1 atom stereocenters. The lowest BCUT2D eigenvalue weighted by molar-refractivity contribution is 0.194. The first-order valence-corrected chi connectivity index (χ1v) is 6.65. The molecular formula is C14H14N4O4. The topological polar surface area (TPSA) is 110 Å². The third-order valence-corrected chi connectivity index (χ3v) is 3.68. The summed E-state index contributed by atoms with van der Waals surface area (Å²) in [5.74, 6) is 0. The second kappa shape index (κ2) is 5.06. The summed E-state index contributed by atoms with van der Waals surface area (Å²) in [4.78, 5) is 25.3. The van der Waals surface area contributed by atoms with E-state index in [2.05, 4.69) is 10.2 Å². The Labute approximate surface area is 125 Å². The molecule has 2 amide bonds. The lowest BCUT2D eigenvalue weighted by Gasteiger charge is -2.38. The van der Waals surface area contributed by atoms with Gasteiger partial charge < -0.3 is 10.2 Å². The van der Waals surface area contributed by atoms with Gasteiger partial charge in [-0.3, -0.25) is 14.9 Å². The zero-order valence-corrected chi connectivity index (χ0v) is 11.7. The van der Waals surface area contributed by atoms with Crippen molar-refractivity contribution in [1.82, 2.24) is 10.2 Å². The molecule has 0 aliphatic carbocycles. The third-order valence-electron chi connectivity index (χ3n) is 3.68. The number of rotatable bonds is 1. The molecule has 0 bridgehead atoms. The second-order valence-electron chi connectivity index (χ2n) is 5.09. The van der Waals surface area contributed by atoms with Gasteiger partial charge in [0, 0.05) is 11.8 Å². The van der Waals surface area contributed by atoms with E-state index in [1.54, 1.807) is 37.5 Å². The van der Waals surface area contributed by atoms with Crippen molar-refractivity contribution >= 4 is 23.6 Å². The van der Waals surface area contributed by atoms with Crippen molar-refractivity contribution in [2.24, 2.45) is 0 Å². The molecule has 114 valence electrons. The summed E-state index contributed by atoms with van der Waals surface area (Å²) in [7, 11) is 0. The number of aromatic nitrogens is 2. The van der Waals surface area contributed by atoms with Crippen molar-refractivity contribution in [1.29, 1.82) is 0 Å². The molecule has 2 heterocycles. The van der Waals surface area contributed by atoms with E-state index in [1.165, 1.54) is 9.80 Å². The normalized spacial score (nSPS) is 17.2. The minimum atomic E-state index is -1.11. The molecule has 0 spiro atoms. The van der Waals surface area contributed by atoms with Crippen LogP contribution in [0.4, 0.5) is 21.0 Å². The summed E-state index contributed by atoms with van der Waals surface area (Å²) in [6, 6.07) is 4.58. The average molecular weight is 302 g/mol. The van der Waals surface area contributed by atoms with E-state index in [9.17, 15) is 19.8 Å². The van der Waals surface area contributed by atoms with Gasteiger partial charge in [-0.15, -0.1) is 0 Å². The molecule has 8 heteroatoms. The molecule has 0 radical (unpaired) electrons. The van der Waals surface area contributed by atoms with Gasteiger partial charge in [0.05, 0.1) is 30.2 Å². The number of nitrogens with zero attached hydrogens (tertiary/aromatic N) is 3. The molecule has 1 aromatic carbocycles. The highest BCUT2D eigenvalue weighted by Gasteiger charge is 2.35. The fourth-order valence-electron chi connectivity index (χ4n) is 2.69. The zero-order chi connectivity index (χ0) is 15.9. The van der Waals surface area contributed by atoms with Gasteiger partial charge in [-0.05, 0) is 24.6 Å². The Kier molecular flexibility index (Phi) is 3.21. The summed E-state index contributed by atoms with van der Waals surface area (Å²) < 4.78 is 0. The largest absolute Gasteiger partial charge is 0.465 e. The van der Waals surface area contributed by atoms with Crippen LogP contribution in [-0.2, 0) is 0 Å². The fraction of sp³-hybridized carbons (Fsp3) is 0.214. The first kappa shape index (κ1) is 13.9. The van der Waals surface area contributed by atoms with Crippen LogP contribution in [0.5, 0.6) is 0 Å². The number of H-pyrrole nitrogens is 1. The number of hydrogen-bond donors (Lipinski definition) is 3. The van der Waals surface area contributed by atoms with Crippen molar-refractivity contribution in [3.05, 3.63) is 30.6 Å². The Morgan fingerprint density at radius 1 is 1.23 bits per heavy atom.